The molecular formula is C19H26N2O2S. The number of nitrogens with two attached hydrogens (primary N) is 1. The van der Waals surface area contributed by atoms with Crippen LogP contribution < -0.4 is 11.4 Å². The van der Waals surface area contributed by atoms with Gasteiger partial charge in [-0.1, -0.05) is 39.5 Å². The normalized spacial score (nSPS) is 12.5. The number of hydrogen-bond donors (Lipinski definition) is 1. The van der Waals surface area contributed by atoms with Crippen LogP contribution >= 0.6 is 11.8 Å². The minimum absolute atomic E-state index is 0.326. The molecule has 1 aromatic carbocycles. The van der Waals surface area contributed by atoms with E-state index in [0.29, 0.717) is 34.9 Å². The zero-order chi connectivity index (χ0) is 17.9. The maximum absolute atomic E-state index is 11.9. The first-order valence-corrected chi connectivity index (χ1v) is 9.26. The lowest BCUT2D eigenvalue weighted by molar-refractivity contribution is 0.559. The van der Waals surface area contributed by atoms with E-state index < -0.39 is 0 Å². The van der Waals surface area contributed by atoms with Crippen molar-refractivity contribution in [1.29, 1.82) is 0 Å². The van der Waals surface area contributed by atoms with E-state index >= 15 is 0 Å². The van der Waals surface area contributed by atoms with Crippen molar-refractivity contribution >= 4 is 27.9 Å². The van der Waals surface area contributed by atoms with Gasteiger partial charge in [-0.25, -0.2) is 4.79 Å². The third kappa shape index (κ3) is 4.63. The molecular weight excluding hydrogens is 320 g/mol. The Kier molecular flexibility index (Phi) is 6.10. The molecule has 0 atom stereocenters. The van der Waals surface area contributed by atoms with E-state index in [9.17, 15) is 4.79 Å². The molecule has 130 valence electrons. The van der Waals surface area contributed by atoms with E-state index in [4.69, 9.17) is 10.2 Å². The Morgan fingerprint density at radius 3 is 2.58 bits per heavy atom. The zero-order valence-electron chi connectivity index (χ0n) is 15.1. The fraction of sp³-hybridized carbons (Fsp3) is 0.474. The average Bonchev–Trinajstić information content (AvgIpc) is 2.49. The number of benzene rings is 1. The zero-order valence-corrected chi connectivity index (χ0v) is 15.9. The van der Waals surface area contributed by atoms with Crippen LogP contribution in [-0.4, -0.2) is 11.7 Å². The second kappa shape index (κ2) is 7.88. The van der Waals surface area contributed by atoms with Gasteiger partial charge in [0.2, 0.25) is 0 Å². The van der Waals surface area contributed by atoms with Crippen LogP contribution in [0.3, 0.4) is 0 Å². The van der Waals surface area contributed by atoms with Crippen molar-refractivity contribution in [2.24, 2.45) is 16.6 Å². The van der Waals surface area contributed by atoms with Crippen LogP contribution in [0.5, 0.6) is 0 Å². The fourth-order valence-electron chi connectivity index (χ4n) is 2.60. The molecule has 0 bridgehead atoms. The number of aryl methyl sites for hydroxylation is 1. The van der Waals surface area contributed by atoms with Crippen molar-refractivity contribution < 1.29 is 4.42 Å². The number of rotatable bonds is 5. The van der Waals surface area contributed by atoms with Crippen LogP contribution in [0.25, 0.3) is 11.0 Å². The van der Waals surface area contributed by atoms with Crippen molar-refractivity contribution in [2.75, 3.05) is 6.54 Å². The topological polar surface area (TPSA) is 68.6 Å². The van der Waals surface area contributed by atoms with Crippen molar-refractivity contribution in [3.63, 3.8) is 0 Å². The van der Waals surface area contributed by atoms with E-state index in [-0.39, 0.29) is 5.63 Å². The summed E-state index contributed by atoms with van der Waals surface area (Å²) in [4.78, 5) is 16.2. The predicted octanol–water partition coefficient (Wildman–Crippen LogP) is 4.43. The average molecular weight is 346 g/mol. The summed E-state index contributed by atoms with van der Waals surface area (Å²) in [6.45, 7) is 11.3. The van der Waals surface area contributed by atoms with Gasteiger partial charge in [-0.15, -0.1) is 0 Å². The Morgan fingerprint density at radius 2 is 1.96 bits per heavy atom. The van der Waals surface area contributed by atoms with Crippen LogP contribution in [0.4, 0.5) is 0 Å². The largest absolute Gasteiger partial charge is 0.423 e. The maximum atomic E-state index is 11.9. The molecule has 2 rings (SSSR count). The van der Waals surface area contributed by atoms with Crippen LogP contribution in [0.2, 0.25) is 0 Å². The number of amidine groups is 1. The highest BCUT2D eigenvalue weighted by Crippen LogP contribution is 2.28. The summed E-state index contributed by atoms with van der Waals surface area (Å²) >= 11 is 1.46. The fourth-order valence-corrected chi connectivity index (χ4v) is 3.31. The summed E-state index contributed by atoms with van der Waals surface area (Å²) in [7, 11) is 0. The van der Waals surface area contributed by atoms with Crippen LogP contribution in [0.1, 0.15) is 50.3 Å². The Bertz CT molecular complexity index is 807. The molecule has 2 N–H and O–H groups in total. The minimum Gasteiger partial charge on any atom is -0.423 e. The maximum Gasteiger partial charge on any atom is 0.336 e. The summed E-state index contributed by atoms with van der Waals surface area (Å²) in [5, 5.41) is 1.54. The van der Waals surface area contributed by atoms with Crippen molar-refractivity contribution in [1.82, 2.24) is 0 Å². The molecule has 2 aromatic rings. The molecule has 0 spiro atoms. The quantitative estimate of drug-likeness (QED) is 0.494. The number of hydrogen-bond acceptors (Lipinski definition) is 4. The molecule has 0 aliphatic rings. The summed E-state index contributed by atoms with van der Waals surface area (Å²) in [5.41, 5.74) is 9.63. The van der Waals surface area contributed by atoms with Gasteiger partial charge in [0.1, 0.15) is 5.58 Å². The molecule has 0 aliphatic heterocycles. The van der Waals surface area contributed by atoms with Crippen LogP contribution in [0, 0.1) is 12.8 Å². The molecule has 0 amide bonds. The minimum atomic E-state index is -0.326. The number of fused-ring (bicyclic) bond motifs is 1. The molecule has 0 radical (unpaired) electrons. The van der Waals surface area contributed by atoms with Gasteiger partial charge in [-0.2, -0.15) is 0 Å². The molecule has 0 saturated heterocycles. The summed E-state index contributed by atoms with van der Waals surface area (Å²) in [6, 6.07) is 5.65. The first-order chi connectivity index (χ1) is 11.3. The lowest BCUT2D eigenvalue weighted by Crippen LogP contribution is -2.10. The molecule has 0 aliphatic carbocycles. The Balaban J connectivity index is 2.37. The molecule has 0 saturated carbocycles. The predicted molar refractivity (Wildman–Crippen MR) is 104 cm³/mol. The number of aliphatic imine (C=N–C) groups is 1. The SMILES string of the molecule is Cc1cc2oc(=O)cc(CSC(N)=NCC(C)C)c2cc1C(C)C. The van der Waals surface area contributed by atoms with Crippen molar-refractivity contribution in [3.05, 3.63) is 45.3 Å². The second-order valence-electron chi connectivity index (χ2n) is 6.81. The van der Waals surface area contributed by atoms with E-state index in [2.05, 4.69) is 38.8 Å². The van der Waals surface area contributed by atoms with Gasteiger partial charge in [0, 0.05) is 23.8 Å². The second-order valence-corrected chi connectivity index (χ2v) is 7.81. The molecule has 1 aromatic heterocycles. The van der Waals surface area contributed by atoms with Gasteiger partial charge in [0.15, 0.2) is 5.17 Å². The molecule has 0 fully saturated rings. The van der Waals surface area contributed by atoms with Gasteiger partial charge < -0.3 is 10.2 Å². The third-order valence-corrected chi connectivity index (χ3v) is 4.71. The lowest BCUT2D eigenvalue weighted by Gasteiger charge is -2.13. The molecule has 1 heterocycles. The van der Waals surface area contributed by atoms with Gasteiger partial charge in [-0.3, -0.25) is 4.99 Å². The monoisotopic (exact) mass is 346 g/mol. The molecule has 5 heteroatoms. The standard InChI is InChI=1S/C19H26N2O2S/c1-11(2)9-21-19(20)24-10-14-7-18(22)23-17-6-13(5)15(12(3)4)8-16(14)17/h6-8,11-12H,9-10H2,1-5H3,(H2,20,21). The summed E-state index contributed by atoms with van der Waals surface area (Å²) in [6.07, 6.45) is 0. The Morgan fingerprint density at radius 1 is 1.25 bits per heavy atom. The Hall–Kier alpha value is -1.75. The van der Waals surface area contributed by atoms with Crippen LogP contribution in [0.15, 0.2) is 32.4 Å². The smallest absolute Gasteiger partial charge is 0.336 e. The van der Waals surface area contributed by atoms with E-state index in [1.165, 1.54) is 17.3 Å². The molecule has 0 unspecified atom stereocenters. The van der Waals surface area contributed by atoms with Gasteiger partial charge in [0.25, 0.3) is 0 Å². The Labute approximate surface area is 147 Å². The summed E-state index contributed by atoms with van der Waals surface area (Å²) < 4.78 is 5.38. The van der Waals surface area contributed by atoms with E-state index in [1.54, 1.807) is 6.07 Å². The first-order valence-electron chi connectivity index (χ1n) is 8.28. The highest BCUT2D eigenvalue weighted by Gasteiger charge is 2.12. The van der Waals surface area contributed by atoms with Crippen molar-refractivity contribution in [2.45, 2.75) is 46.3 Å². The number of nitrogens with zero attached hydrogens (tertiary/aromatic N) is 1. The first kappa shape index (κ1) is 18.6. The van der Waals surface area contributed by atoms with E-state index in [0.717, 1.165) is 16.5 Å². The third-order valence-electron chi connectivity index (χ3n) is 3.83. The lowest BCUT2D eigenvalue weighted by atomic mass is 9.95. The van der Waals surface area contributed by atoms with Crippen molar-refractivity contribution in [3.8, 4) is 0 Å². The van der Waals surface area contributed by atoms with Crippen LogP contribution in [-0.2, 0) is 5.75 Å². The summed E-state index contributed by atoms with van der Waals surface area (Å²) in [5.74, 6) is 1.50. The van der Waals surface area contributed by atoms with Gasteiger partial charge >= 0.3 is 5.63 Å². The molecule has 4 nitrogen and oxygen atoms in total. The molecule has 24 heavy (non-hydrogen) atoms. The van der Waals surface area contributed by atoms with E-state index in [1.807, 2.05) is 13.0 Å². The van der Waals surface area contributed by atoms with Gasteiger partial charge in [0.05, 0.1) is 0 Å². The highest BCUT2D eigenvalue weighted by atomic mass is 32.2. The van der Waals surface area contributed by atoms with Gasteiger partial charge in [-0.05, 0) is 47.6 Å². The number of thioether (sulfide) groups is 1. The highest BCUT2D eigenvalue weighted by molar-refractivity contribution is 8.13.